The molecule has 0 heterocycles. The van der Waals surface area contributed by atoms with Crippen LogP contribution in [0.15, 0.2) is 0 Å². The second-order valence-corrected chi connectivity index (χ2v) is 3.96. The Labute approximate surface area is 100 Å². The fourth-order valence-electron chi connectivity index (χ4n) is 1.72. The summed E-state index contributed by atoms with van der Waals surface area (Å²) in [5.74, 6) is -25.2. The summed E-state index contributed by atoms with van der Waals surface area (Å²) in [7, 11) is 0. The molecule has 0 bridgehead atoms. The first-order chi connectivity index (χ1) is 8.37. The molecule has 0 amide bonds. The maximum Gasteiger partial charge on any atom is 0.432 e. The minimum atomic E-state index is -7.29. The first-order valence-corrected chi connectivity index (χ1v) is 4.32. The van der Waals surface area contributed by atoms with Crippen molar-refractivity contribution in [2.75, 3.05) is 0 Å². The van der Waals surface area contributed by atoms with Crippen LogP contribution in [0.25, 0.3) is 0 Å². The Morgan fingerprint density at radius 2 is 0.800 bits per heavy atom. The molecular formula is C7HF13. The van der Waals surface area contributed by atoms with E-state index in [1.165, 1.54) is 0 Å². The van der Waals surface area contributed by atoms with E-state index in [-0.39, 0.29) is 0 Å². The lowest BCUT2D eigenvalue weighted by molar-refractivity contribution is -0.496. The summed E-state index contributed by atoms with van der Waals surface area (Å²) in [6.45, 7) is 0. The molecule has 1 saturated carbocycles. The van der Waals surface area contributed by atoms with Crippen LogP contribution in [-0.2, 0) is 0 Å². The maximum atomic E-state index is 13.0. The smallest absolute Gasteiger partial charge is 0.223 e. The molecule has 0 aliphatic heterocycles. The van der Waals surface area contributed by atoms with Crippen molar-refractivity contribution in [3.8, 4) is 0 Å². The molecule has 0 aromatic carbocycles. The molecule has 1 rings (SSSR count). The first-order valence-electron chi connectivity index (χ1n) is 4.32. The summed E-state index contributed by atoms with van der Waals surface area (Å²) in [5, 5.41) is 0. The van der Waals surface area contributed by atoms with Crippen LogP contribution in [-0.4, -0.2) is 35.8 Å². The molecule has 13 heteroatoms. The Balaban J connectivity index is 3.55. The van der Waals surface area contributed by atoms with Crippen molar-refractivity contribution >= 4 is 0 Å². The van der Waals surface area contributed by atoms with Gasteiger partial charge in [-0.25, -0.2) is 4.39 Å². The zero-order chi connectivity index (χ0) is 16.6. The number of halogens is 13. The number of alkyl halides is 13. The van der Waals surface area contributed by atoms with Gasteiger partial charge in [-0.1, -0.05) is 0 Å². The van der Waals surface area contributed by atoms with Gasteiger partial charge in [0.2, 0.25) is 0 Å². The topological polar surface area (TPSA) is 0 Å². The minimum absolute atomic E-state index is 5.61. The summed E-state index contributed by atoms with van der Waals surface area (Å²) in [6.07, 6.45) is -14.6. The second-order valence-electron chi connectivity index (χ2n) is 3.96. The second kappa shape index (κ2) is 3.64. The van der Waals surface area contributed by atoms with Gasteiger partial charge in [-0.15, -0.1) is 0 Å². The van der Waals surface area contributed by atoms with E-state index in [1.807, 2.05) is 0 Å². The van der Waals surface area contributed by atoms with E-state index in [2.05, 4.69) is 0 Å². The Hall–Kier alpha value is -0.910. The molecule has 0 N–H and O–H groups in total. The molecule has 0 atom stereocenters. The van der Waals surface area contributed by atoms with Crippen LogP contribution < -0.4 is 0 Å². The highest BCUT2D eigenvalue weighted by atomic mass is 19.4. The normalized spacial score (nSPS) is 26.2. The van der Waals surface area contributed by atoms with Crippen molar-refractivity contribution in [1.82, 2.24) is 0 Å². The summed E-state index contributed by atoms with van der Waals surface area (Å²) < 4.78 is 160. The van der Waals surface area contributed by atoms with Crippen molar-refractivity contribution in [2.24, 2.45) is 5.92 Å². The molecule has 0 nitrogen and oxygen atoms in total. The summed E-state index contributed by atoms with van der Waals surface area (Å²) in [4.78, 5) is 0. The van der Waals surface area contributed by atoms with Crippen molar-refractivity contribution in [1.29, 1.82) is 0 Å². The van der Waals surface area contributed by atoms with E-state index in [0.717, 1.165) is 0 Å². The van der Waals surface area contributed by atoms with Crippen LogP contribution in [0.5, 0.6) is 0 Å². The van der Waals surface area contributed by atoms with Gasteiger partial charge in [0, 0.05) is 0 Å². The molecule has 0 aromatic rings. The summed E-state index contributed by atoms with van der Waals surface area (Å²) in [6, 6.07) is 0. The van der Waals surface area contributed by atoms with Gasteiger partial charge in [0.15, 0.2) is 5.92 Å². The highest BCUT2D eigenvalue weighted by Crippen LogP contribution is 2.72. The minimum Gasteiger partial charge on any atom is -0.223 e. The summed E-state index contributed by atoms with van der Waals surface area (Å²) in [5.41, 5.74) is -7.19. The van der Waals surface area contributed by atoms with Gasteiger partial charge in [-0.3, -0.25) is 0 Å². The van der Waals surface area contributed by atoms with Gasteiger partial charge in [-0.2, -0.15) is 52.7 Å². The van der Waals surface area contributed by atoms with Crippen LogP contribution in [0.3, 0.4) is 0 Å². The zero-order valence-electron chi connectivity index (χ0n) is 8.49. The van der Waals surface area contributed by atoms with Crippen molar-refractivity contribution in [3.05, 3.63) is 0 Å². The maximum absolute atomic E-state index is 13.0. The number of hydrogen-bond donors (Lipinski definition) is 0. The highest BCUT2D eigenvalue weighted by molar-refractivity contribution is 5.25. The standard InChI is InChI=1S/C7HF13/c8-2(6(15,16)17,7(18,19)20)1-3(9,10)5(13,14)4(1,11)12/h1H. The molecule has 1 aliphatic rings. The van der Waals surface area contributed by atoms with E-state index in [1.54, 1.807) is 0 Å². The molecule has 0 spiro atoms. The Bertz CT molecular complexity index is 366. The van der Waals surface area contributed by atoms with Gasteiger partial charge in [-0.05, 0) is 0 Å². The lowest BCUT2D eigenvalue weighted by Crippen LogP contribution is -2.83. The molecule has 0 saturated heterocycles. The van der Waals surface area contributed by atoms with Crippen molar-refractivity contribution in [2.45, 2.75) is 35.8 Å². The Kier molecular flexibility index (Phi) is 3.12. The van der Waals surface area contributed by atoms with Crippen molar-refractivity contribution in [3.63, 3.8) is 0 Å². The summed E-state index contributed by atoms with van der Waals surface area (Å²) >= 11 is 0. The monoisotopic (exact) mass is 332 g/mol. The molecule has 0 radical (unpaired) electrons. The predicted molar refractivity (Wildman–Crippen MR) is 34.3 cm³/mol. The fourth-order valence-corrected chi connectivity index (χ4v) is 1.72. The predicted octanol–water partition coefficient (Wildman–Crippen LogP) is 4.36. The fraction of sp³-hybridized carbons (Fsp3) is 1.00. The van der Waals surface area contributed by atoms with Crippen LogP contribution in [0.2, 0.25) is 0 Å². The third-order valence-corrected chi connectivity index (χ3v) is 2.79. The number of hydrogen-bond acceptors (Lipinski definition) is 0. The highest BCUT2D eigenvalue weighted by Gasteiger charge is 3.00. The molecular weight excluding hydrogens is 331 g/mol. The molecule has 0 aromatic heterocycles. The van der Waals surface area contributed by atoms with Crippen LogP contribution in [0, 0.1) is 5.92 Å². The Morgan fingerprint density at radius 3 is 1.00 bits per heavy atom. The van der Waals surface area contributed by atoms with Gasteiger partial charge in [0.25, 0.3) is 0 Å². The zero-order valence-corrected chi connectivity index (χ0v) is 8.49. The van der Waals surface area contributed by atoms with Crippen LogP contribution in [0.4, 0.5) is 57.1 Å². The van der Waals surface area contributed by atoms with E-state index >= 15 is 0 Å². The average molecular weight is 332 g/mol. The van der Waals surface area contributed by atoms with Crippen molar-refractivity contribution < 1.29 is 57.1 Å². The third kappa shape index (κ3) is 1.57. The number of rotatable bonds is 1. The SMILES string of the molecule is FC(F)(F)C(F)(C1C(F)(F)C(F)(F)C1(F)F)C(F)(F)F. The van der Waals surface area contributed by atoms with E-state index in [0.29, 0.717) is 0 Å². The quantitative estimate of drug-likeness (QED) is 0.626. The third-order valence-electron chi connectivity index (χ3n) is 2.79. The lowest BCUT2D eigenvalue weighted by Gasteiger charge is -2.54. The van der Waals surface area contributed by atoms with Gasteiger partial charge in [0.1, 0.15) is 0 Å². The largest absolute Gasteiger partial charge is 0.432 e. The van der Waals surface area contributed by atoms with Gasteiger partial charge < -0.3 is 0 Å². The van der Waals surface area contributed by atoms with E-state index in [4.69, 9.17) is 0 Å². The van der Waals surface area contributed by atoms with Gasteiger partial charge in [0.05, 0.1) is 0 Å². The van der Waals surface area contributed by atoms with Crippen LogP contribution in [0.1, 0.15) is 0 Å². The average Bonchev–Trinajstić information content (AvgIpc) is 2.11. The Morgan fingerprint density at radius 1 is 0.550 bits per heavy atom. The molecule has 120 valence electrons. The van der Waals surface area contributed by atoms with Gasteiger partial charge >= 0.3 is 35.8 Å². The van der Waals surface area contributed by atoms with Crippen LogP contribution >= 0.6 is 0 Å². The molecule has 20 heavy (non-hydrogen) atoms. The van der Waals surface area contributed by atoms with E-state index in [9.17, 15) is 57.1 Å². The molecule has 1 aliphatic carbocycles. The molecule has 0 unspecified atom stereocenters. The first kappa shape index (κ1) is 17.1. The van der Waals surface area contributed by atoms with E-state index < -0.39 is 41.7 Å². The molecule has 1 fully saturated rings. The lowest BCUT2D eigenvalue weighted by atomic mass is 9.63.